The van der Waals surface area contributed by atoms with Crippen molar-refractivity contribution in [3.05, 3.63) is 83.8 Å². The summed E-state index contributed by atoms with van der Waals surface area (Å²) in [6, 6.07) is 17.9. The van der Waals surface area contributed by atoms with Gasteiger partial charge in [0.1, 0.15) is 18.1 Å². The van der Waals surface area contributed by atoms with Crippen LogP contribution in [0.5, 0.6) is 5.75 Å². The Balaban J connectivity index is 1.81. The zero-order valence-corrected chi connectivity index (χ0v) is 18.6. The first-order valence-electron chi connectivity index (χ1n) is 10.4. The van der Waals surface area contributed by atoms with Crippen LogP contribution in [0.25, 0.3) is 5.70 Å². The zero-order valence-electron chi connectivity index (χ0n) is 17.9. The maximum absolute atomic E-state index is 6.59. The molecular weight excluding hydrogens is 394 g/mol. The Kier molecular flexibility index (Phi) is 7.58. The number of hydrogen-bond acceptors (Lipinski definition) is 4. The lowest BCUT2D eigenvalue weighted by molar-refractivity contribution is 0.306. The van der Waals surface area contributed by atoms with Crippen molar-refractivity contribution in [1.29, 1.82) is 0 Å². The predicted molar refractivity (Wildman–Crippen MR) is 126 cm³/mol. The molecular formula is C25H30ClN3O. The van der Waals surface area contributed by atoms with E-state index in [-0.39, 0.29) is 0 Å². The van der Waals surface area contributed by atoms with Crippen LogP contribution in [0.15, 0.2) is 77.7 Å². The first-order valence-corrected chi connectivity index (χ1v) is 10.8. The molecule has 0 saturated carbocycles. The predicted octanol–water partition coefficient (Wildman–Crippen LogP) is 6.00. The van der Waals surface area contributed by atoms with Gasteiger partial charge >= 0.3 is 0 Å². The molecule has 2 aromatic rings. The highest BCUT2D eigenvalue weighted by atomic mass is 35.5. The lowest BCUT2D eigenvalue weighted by Crippen LogP contribution is -2.30. The molecule has 0 aliphatic carbocycles. The van der Waals surface area contributed by atoms with Gasteiger partial charge < -0.3 is 15.4 Å². The molecule has 2 aromatic carbocycles. The Morgan fingerprint density at radius 1 is 1.10 bits per heavy atom. The fourth-order valence-corrected chi connectivity index (χ4v) is 3.96. The lowest BCUT2D eigenvalue weighted by atomic mass is 9.98. The molecule has 158 valence electrons. The molecule has 1 aliphatic heterocycles. The van der Waals surface area contributed by atoms with E-state index >= 15 is 0 Å². The second kappa shape index (κ2) is 10.4. The normalized spacial score (nSPS) is 16.4. The molecule has 30 heavy (non-hydrogen) atoms. The highest BCUT2D eigenvalue weighted by molar-refractivity contribution is 6.70. The van der Waals surface area contributed by atoms with Crippen molar-refractivity contribution in [2.45, 2.75) is 33.8 Å². The number of halogens is 1. The largest absolute Gasteiger partial charge is 0.489 e. The van der Waals surface area contributed by atoms with Gasteiger partial charge in [0.15, 0.2) is 5.17 Å². The van der Waals surface area contributed by atoms with Gasteiger partial charge in [0, 0.05) is 24.5 Å². The lowest BCUT2D eigenvalue weighted by Gasteiger charge is -2.29. The molecule has 3 rings (SSSR count). The van der Waals surface area contributed by atoms with Crippen LogP contribution in [0.4, 0.5) is 0 Å². The fraction of sp³-hybridized carbons (Fsp3) is 0.320. The van der Waals surface area contributed by atoms with Crippen molar-refractivity contribution in [2.75, 3.05) is 6.54 Å². The van der Waals surface area contributed by atoms with Gasteiger partial charge in [0.25, 0.3) is 0 Å². The molecule has 1 unspecified atom stereocenters. The van der Waals surface area contributed by atoms with Crippen LogP contribution in [0, 0.1) is 11.8 Å². The van der Waals surface area contributed by atoms with Crippen LogP contribution in [0.2, 0.25) is 0 Å². The van der Waals surface area contributed by atoms with Gasteiger partial charge in [-0.3, -0.25) is 0 Å². The van der Waals surface area contributed by atoms with Crippen molar-refractivity contribution in [2.24, 2.45) is 22.6 Å². The Morgan fingerprint density at radius 3 is 2.60 bits per heavy atom. The standard InChI is InChI=1S/C25H30ClN3O/c1-18(2)14-19(3)16-29-13-12-28-25(26)24(29)23(27)21-10-7-11-22(15-21)30-17-20-8-5-4-6-9-20/h4-13,15,18-19H,14,16-17,27H2,1-3H3/b24-23-. The Hall–Kier alpha value is -2.72. The minimum absolute atomic E-state index is 0.405. The summed E-state index contributed by atoms with van der Waals surface area (Å²) in [7, 11) is 0. The molecule has 1 aliphatic rings. The van der Waals surface area contributed by atoms with Crippen molar-refractivity contribution in [1.82, 2.24) is 4.90 Å². The van der Waals surface area contributed by atoms with E-state index in [1.807, 2.05) is 60.8 Å². The van der Waals surface area contributed by atoms with Crippen LogP contribution in [0.3, 0.4) is 0 Å². The van der Waals surface area contributed by atoms with Crippen molar-refractivity contribution in [3.8, 4) is 5.75 Å². The first kappa shape index (κ1) is 22.0. The molecule has 0 amide bonds. The summed E-state index contributed by atoms with van der Waals surface area (Å²) in [5.41, 5.74) is 9.90. The Labute approximate surface area is 184 Å². The van der Waals surface area contributed by atoms with Crippen LogP contribution in [-0.4, -0.2) is 16.6 Å². The van der Waals surface area contributed by atoms with E-state index in [0.717, 1.165) is 35.5 Å². The Morgan fingerprint density at radius 2 is 1.87 bits per heavy atom. The van der Waals surface area contributed by atoms with Gasteiger partial charge in [-0.2, -0.15) is 0 Å². The summed E-state index contributed by atoms with van der Waals surface area (Å²) >= 11 is 6.48. The zero-order chi connectivity index (χ0) is 21.5. The smallest absolute Gasteiger partial charge is 0.154 e. The van der Waals surface area contributed by atoms with E-state index in [1.54, 1.807) is 6.20 Å². The van der Waals surface area contributed by atoms with Gasteiger partial charge in [0.2, 0.25) is 0 Å². The molecule has 0 bridgehead atoms. The van der Waals surface area contributed by atoms with Gasteiger partial charge in [0.05, 0.1) is 5.70 Å². The molecule has 0 fully saturated rings. The van der Waals surface area contributed by atoms with Crippen LogP contribution in [0.1, 0.15) is 38.3 Å². The maximum Gasteiger partial charge on any atom is 0.154 e. The molecule has 5 heteroatoms. The molecule has 4 nitrogen and oxygen atoms in total. The van der Waals surface area contributed by atoms with Crippen LogP contribution >= 0.6 is 11.6 Å². The monoisotopic (exact) mass is 423 g/mol. The minimum atomic E-state index is 0.405. The summed E-state index contributed by atoms with van der Waals surface area (Å²) in [6.45, 7) is 8.07. The van der Waals surface area contributed by atoms with Gasteiger partial charge in [-0.1, -0.05) is 74.8 Å². The van der Waals surface area contributed by atoms with E-state index in [1.165, 1.54) is 0 Å². The second-order valence-corrected chi connectivity index (χ2v) is 8.53. The molecule has 0 aromatic heterocycles. The third-order valence-corrected chi connectivity index (χ3v) is 5.22. The van der Waals surface area contributed by atoms with Gasteiger partial charge in [-0.15, -0.1) is 0 Å². The van der Waals surface area contributed by atoms with Crippen LogP contribution < -0.4 is 10.5 Å². The summed E-state index contributed by atoms with van der Waals surface area (Å²) in [6.07, 6.45) is 4.80. The quantitative estimate of drug-likeness (QED) is 0.566. The molecule has 1 heterocycles. The number of aliphatic imine (C=N–C) groups is 1. The van der Waals surface area contributed by atoms with E-state index in [0.29, 0.717) is 29.3 Å². The van der Waals surface area contributed by atoms with Gasteiger partial charge in [-0.25, -0.2) is 4.99 Å². The van der Waals surface area contributed by atoms with Crippen molar-refractivity contribution in [3.63, 3.8) is 0 Å². The number of hydrogen-bond donors (Lipinski definition) is 1. The first-order chi connectivity index (χ1) is 14.4. The molecule has 0 radical (unpaired) electrons. The van der Waals surface area contributed by atoms with E-state index < -0.39 is 0 Å². The number of nitrogens with zero attached hydrogens (tertiary/aromatic N) is 2. The number of allylic oxidation sites excluding steroid dienone is 1. The highest BCUT2D eigenvalue weighted by Gasteiger charge is 2.22. The van der Waals surface area contributed by atoms with Crippen molar-refractivity contribution < 1.29 is 4.74 Å². The average molecular weight is 424 g/mol. The summed E-state index contributed by atoms with van der Waals surface area (Å²) in [5, 5.41) is 0.405. The number of nitrogens with two attached hydrogens (primary N) is 1. The third-order valence-electron chi connectivity index (χ3n) is 4.95. The molecule has 0 spiro atoms. The number of benzene rings is 2. The number of rotatable bonds is 8. The Bertz CT molecular complexity index is 934. The van der Waals surface area contributed by atoms with E-state index in [9.17, 15) is 0 Å². The fourth-order valence-electron chi connectivity index (χ4n) is 3.70. The highest BCUT2D eigenvalue weighted by Crippen LogP contribution is 2.27. The summed E-state index contributed by atoms with van der Waals surface area (Å²) in [5.74, 6) is 1.90. The van der Waals surface area contributed by atoms with E-state index in [2.05, 4.69) is 30.7 Å². The van der Waals surface area contributed by atoms with Crippen LogP contribution in [-0.2, 0) is 6.61 Å². The summed E-state index contributed by atoms with van der Waals surface area (Å²) in [4.78, 5) is 6.37. The van der Waals surface area contributed by atoms with E-state index in [4.69, 9.17) is 22.1 Å². The SMILES string of the molecule is CC(C)CC(C)CN1C=CN=C(Cl)/C1=C(/N)c1cccc(OCc2ccccc2)c1. The molecule has 1 atom stereocenters. The minimum Gasteiger partial charge on any atom is -0.489 e. The van der Waals surface area contributed by atoms with Gasteiger partial charge in [-0.05, 0) is 36.0 Å². The topological polar surface area (TPSA) is 50.8 Å². The number of ether oxygens (including phenoxy) is 1. The molecule has 0 saturated heterocycles. The molecule has 2 N–H and O–H groups in total. The third kappa shape index (κ3) is 5.90. The maximum atomic E-state index is 6.59. The van der Waals surface area contributed by atoms with Crippen molar-refractivity contribution >= 4 is 22.5 Å². The second-order valence-electron chi connectivity index (χ2n) is 8.17. The average Bonchev–Trinajstić information content (AvgIpc) is 2.72. The summed E-state index contributed by atoms with van der Waals surface area (Å²) < 4.78 is 5.96.